The van der Waals surface area contributed by atoms with Crippen molar-refractivity contribution >= 4 is 21.9 Å². The number of H-pyrrole nitrogens is 1. The van der Waals surface area contributed by atoms with Crippen LogP contribution in [0.3, 0.4) is 0 Å². The zero-order valence-corrected chi connectivity index (χ0v) is 8.72. The van der Waals surface area contributed by atoms with Crippen LogP contribution in [0.1, 0.15) is 16.2 Å². The standard InChI is InChI=1S/C7H10BrN3O2/c1-13-7(12)6-5(8)4(2-3-9)10-11-6/h2-3,9H2,1H3,(H,10,11). The molecule has 1 rings (SSSR count). The highest BCUT2D eigenvalue weighted by Crippen LogP contribution is 2.19. The molecule has 0 amide bonds. The van der Waals surface area contributed by atoms with Crippen LogP contribution in [-0.2, 0) is 11.2 Å². The van der Waals surface area contributed by atoms with Crippen molar-refractivity contribution in [2.75, 3.05) is 13.7 Å². The average Bonchev–Trinajstić information content (AvgIpc) is 2.48. The number of hydrogen-bond acceptors (Lipinski definition) is 4. The number of ether oxygens (including phenoxy) is 1. The molecule has 1 aromatic heterocycles. The van der Waals surface area contributed by atoms with Crippen molar-refractivity contribution in [3.8, 4) is 0 Å². The number of esters is 1. The smallest absolute Gasteiger partial charge is 0.359 e. The van der Waals surface area contributed by atoms with Crippen molar-refractivity contribution in [1.29, 1.82) is 0 Å². The Bertz CT molecular complexity index is 311. The fourth-order valence-corrected chi connectivity index (χ4v) is 1.44. The summed E-state index contributed by atoms with van der Waals surface area (Å²) >= 11 is 3.24. The van der Waals surface area contributed by atoms with Crippen molar-refractivity contribution in [3.05, 3.63) is 15.9 Å². The van der Waals surface area contributed by atoms with Crippen molar-refractivity contribution in [2.45, 2.75) is 6.42 Å². The highest BCUT2D eigenvalue weighted by Gasteiger charge is 2.17. The van der Waals surface area contributed by atoms with Crippen LogP contribution < -0.4 is 5.73 Å². The number of methoxy groups -OCH3 is 1. The monoisotopic (exact) mass is 247 g/mol. The van der Waals surface area contributed by atoms with Crippen molar-refractivity contribution in [1.82, 2.24) is 10.2 Å². The Morgan fingerprint density at radius 2 is 2.46 bits per heavy atom. The molecule has 1 heterocycles. The summed E-state index contributed by atoms with van der Waals surface area (Å²) in [5.41, 5.74) is 6.43. The van der Waals surface area contributed by atoms with Gasteiger partial charge in [0, 0.05) is 6.42 Å². The largest absolute Gasteiger partial charge is 0.464 e. The van der Waals surface area contributed by atoms with Gasteiger partial charge in [0.2, 0.25) is 0 Å². The van der Waals surface area contributed by atoms with Crippen molar-refractivity contribution < 1.29 is 9.53 Å². The lowest BCUT2D eigenvalue weighted by molar-refractivity contribution is 0.0593. The van der Waals surface area contributed by atoms with Gasteiger partial charge in [0.1, 0.15) is 0 Å². The van der Waals surface area contributed by atoms with Crippen LogP contribution in [0.15, 0.2) is 4.47 Å². The Morgan fingerprint density at radius 3 is 3.00 bits per heavy atom. The molecule has 1 aromatic rings. The summed E-state index contributed by atoms with van der Waals surface area (Å²) in [5.74, 6) is -0.466. The van der Waals surface area contributed by atoms with Crippen LogP contribution in [-0.4, -0.2) is 29.8 Å². The van der Waals surface area contributed by atoms with Gasteiger partial charge >= 0.3 is 5.97 Å². The summed E-state index contributed by atoms with van der Waals surface area (Å²) in [4.78, 5) is 11.1. The average molecular weight is 248 g/mol. The number of aromatic nitrogens is 2. The summed E-state index contributed by atoms with van der Waals surface area (Å²) in [7, 11) is 1.31. The Hall–Kier alpha value is -0.880. The predicted molar refractivity (Wildman–Crippen MR) is 50.4 cm³/mol. The highest BCUT2D eigenvalue weighted by molar-refractivity contribution is 9.10. The molecule has 0 spiro atoms. The first-order valence-corrected chi connectivity index (χ1v) is 4.51. The second-order valence-corrected chi connectivity index (χ2v) is 3.19. The molecule has 0 aliphatic carbocycles. The molecule has 0 saturated carbocycles. The third-order valence-electron chi connectivity index (χ3n) is 1.55. The third kappa shape index (κ3) is 2.07. The number of hydrogen-bond donors (Lipinski definition) is 2. The van der Waals surface area contributed by atoms with E-state index in [9.17, 15) is 4.79 Å². The molecule has 0 aliphatic rings. The number of aromatic amines is 1. The van der Waals surface area contributed by atoms with Gasteiger partial charge in [-0.15, -0.1) is 0 Å². The number of nitrogens with one attached hydrogen (secondary N) is 1. The predicted octanol–water partition coefficient (Wildman–Crippen LogP) is 0.460. The minimum atomic E-state index is -0.466. The molecule has 72 valence electrons. The van der Waals surface area contributed by atoms with E-state index >= 15 is 0 Å². The van der Waals surface area contributed by atoms with Gasteiger partial charge in [0.15, 0.2) is 5.69 Å². The Balaban J connectivity index is 2.92. The maximum atomic E-state index is 11.1. The van der Waals surface area contributed by atoms with Crippen molar-refractivity contribution in [2.24, 2.45) is 5.73 Å². The molecule has 0 aromatic carbocycles. The number of nitrogens with zero attached hydrogens (tertiary/aromatic N) is 1. The number of carbonyl (C=O) groups is 1. The van der Waals surface area contributed by atoms with Gasteiger partial charge < -0.3 is 10.5 Å². The van der Waals surface area contributed by atoms with E-state index in [1.807, 2.05) is 0 Å². The summed E-state index contributed by atoms with van der Waals surface area (Å²) in [5, 5.41) is 6.52. The van der Waals surface area contributed by atoms with Crippen LogP contribution in [0.2, 0.25) is 0 Å². The van der Waals surface area contributed by atoms with E-state index in [1.165, 1.54) is 7.11 Å². The van der Waals surface area contributed by atoms with Crippen LogP contribution in [0.4, 0.5) is 0 Å². The summed E-state index contributed by atoms with van der Waals surface area (Å²) in [6.45, 7) is 0.501. The molecule has 6 heteroatoms. The van der Waals surface area contributed by atoms with Gasteiger partial charge in [0.05, 0.1) is 17.3 Å². The number of nitrogens with two attached hydrogens (primary N) is 1. The fraction of sp³-hybridized carbons (Fsp3) is 0.429. The maximum Gasteiger partial charge on any atom is 0.359 e. The number of carbonyl (C=O) groups excluding carboxylic acids is 1. The molecule has 0 atom stereocenters. The van der Waals surface area contributed by atoms with Crippen LogP contribution in [0.25, 0.3) is 0 Å². The molecule has 0 bridgehead atoms. The Morgan fingerprint density at radius 1 is 1.77 bits per heavy atom. The fourth-order valence-electron chi connectivity index (χ4n) is 0.906. The normalized spacial score (nSPS) is 10.1. The van der Waals surface area contributed by atoms with Gasteiger partial charge in [0.25, 0.3) is 0 Å². The van der Waals surface area contributed by atoms with Gasteiger partial charge in [-0.2, -0.15) is 5.10 Å². The molecule has 0 fully saturated rings. The van der Waals surface area contributed by atoms with Crippen LogP contribution >= 0.6 is 15.9 Å². The minimum absolute atomic E-state index is 0.256. The molecule has 0 saturated heterocycles. The number of rotatable bonds is 3. The maximum absolute atomic E-state index is 11.1. The lowest BCUT2D eigenvalue weighted by atomic mass is 10.3. The first-order chi connectivity index (χ1) is 6.20. The number of halogens is 1. The van der Waals surface area contributed by atoms with Crippen LogP contribution in [0, 0.1) is 0 Å². The van der Waals surface area contributed by atoms with Gasteiger partial charge in [-0.25, -0.2) is 4.79 Å². The molecular formula is C7H10BrN3O2. The van der Waals surface area contributed by atoms with E-state index in [0.29, 0.717) is 17.4 Å². The second-order valence-electron chi connectivity index (χ2n) is 2.40. The Labute approximate surface area is 83.8 Å². The van der Waals surface area contributed by atoms with Crippen molar-refractivity contribution in [3.63, 3.8) is 0 Å². The Kier molecular flexibility index (Phi) is 3.44. The molecular weight excluding hydrogens is 238 g/mol. The third-order valence-corrected chi connectivity index (χ3v) is 2.40. The topological polar surface area (TPSA) is 81.0 Å². The zero-order valence-electron chi connectivity index (χ0n) is 7.13. The van der Waals surface area contributed by atoms with Crippen LogP contribution in [0.5, 0.6) is 0 Å². The summed E-state index contributed by atoms with van der Waals surface area (Å²) in [6, 6.07) is 0. The minimum Gasteiger partial charge on any atom is -0.464 e. The molecule has 13 heavy (non-hydrogen) atoms. The van der Waals surface area contributed by atoms with E-state index in [-0.39, 0.29) is 5.69 Å². The van der Waals surface area contributed by atoms with E-state index in [1.54, 1.807) is 0 Å². The summed E-state index contributed by atoms with van der Waals surface area (Å²) in [6.07, 6.45) is 0.643. The van der Waals surface area contributed by atoms with E-state index < -0.39 is 5.97 Å². The second kappa shape index (κ2) is 4.38. The summed E-state index contributed by atoms with van der Waals surface area (Å²) < 4.78 is 5.16. The highest BCUT2D eigenvalue weighted by atomic mass is 79.9. The van der Waals surface area contributed by atoms with Gasteiger partial charge in [-0.1, -0.05) is 0 Å². The first-order valence-electron chi connectivity index (χ1n) is 3.71. The molecule has 0 aliphatic heterocycles. The SMILES string of the molecule is COC(=O)c1n[nH]c(CCN)c1Br. The van der Waals surface area contributed by atoms with E-state index in [4.69, 9.17) is 5.73 Å². The quantitative estimate of drug-likeness (QED) is 0.761. The molecule has 3 N–H and O–H groups in total. The zero-order chi connectivity index (χ0) is 9.84. The molecule has 0 unspecified atom stereocenters. The molecule has 0 radical (unpaired) electrons. The lowest BCUT2D eigenvalue weighted by Crippen LogP contribution is -2.04. The van der Waals surface area contributed by atoms with E-state index in [0.717, 1.165) is 5.69 Å². The van der Waals surface area contributed by atoms with Gasteiger partial charge in [-0.3, -0.25) is 5.10 Å². The lowest BCUT2D eigenvalue weighted by Gasteiger charge is -1.95. The molecule has 5 nitrogen and oxygen atoms in total. The van der Waals surface area contributed by atoms with E-state index in [2.05, 4.69) is 30.9 Å². The van der Waals surface area contributed by atoms with Gasteiger partial charge in [-0.05, 0) is 22.5 Å². The first kappa shape index (κ1) is 10.2.